The monoisotopic (exact) mass is 392 g/mol. The van der Waals surface area contributed by atoms with Gasteiger partial charge in [-0.2, -0.15) is 0 Å². The number of nitrogens with zero attached hydrogens (tertiary/aromatic N) is 6. The molecule has 3 fully saturated rings. The number of carbonyl (C=O) groups is 1. The van der Waals surface area contributed by atoms with Gasteiger partial charge in [-0.15, -0.1) is 5.10 Å². The summed E-state index contributed by atoms with van der Waals surface area (Å²) in [5.41, 5.74) is 0.138. The van der Waals surface area contributed by atoms with E-state index in [1.807, 2.05) is 11.8 Å². The predicted molar refractivity (Wildman–Crippen MR) is 101 cm³/mol. The van der Waals surface area contributed by atoms with Gasteiger partial charge < -0.3 is 14.7 Å². The number of aliphatic hydroxyl groups is 1. The first kappa shape index (κ1) is 19.7. The number of aliphatic hydroxyl groups excluding tert-OH is 1. The third kappa shape index (κ3) is 4.36. The van der Waals surface area contributed by atoms with Crippen LogP contribution in [-0.2, 0) is 16.1 Å². The lowest BCUT2D eigenvalue weighted by Gasteiger charge is -2.51. The van der Waals surface area contributed by atoms with Gasteiger partial charge in [0.1, 0.15) is 5.82 Å². The molecule has 3 aliphatic heterocycles. The number of aromatic nitrogens is 4. The molecule has 0 aromatic carbocycles. The minimum atomic E-state index is -0.262. The van der Waals surface area contributed by atoms with Crippen molar-refractivity contribution in [3.05, 3.63) is 5.82 Å². The van der Waals surface area contributed by atoms with Crippen LogP contribution in [0.3, 0.4) is 0 Å². The smallest absolute Gasteiger partial charge is 0.224 e. The van der Waals surface area contributed by atoms with Crippen LogP contribution in [0.4, 0.5) is 0 Å². The molecule has 3 aliphatic rings. The maximum atomic E-state index is 12.6. The number of likely N-dealkylation sites (tertiary alicyclic amines) is 2. The van der Waals surface area contributed by atoms with Crippen molar-refractivity contribution in [3.63, 3.8) is 0 Å². The summed E-state index contributed by atoms with van der Waals surface area (Å²) in [5.74, 6) is 0.900. The van der Waals surface area contributed by atoms with Gasteiger partial charge in [0, 0.05) is 51.9 Å². The van der Waals surface area contributed by atoms with Crippen LogP contribution in [0.15, 0.2) is 0 Å². The molecule has 4 rings (SSSR count). The predicted octanol–water partition coefficient (Wildman–Crippen LogP) is 0.226. The molecule has 1 aromatic rings. The Labute approximate surface area is 166 Å². The number of ether oxygens (including phenoxy) is 1. The number of aryl methyl sites for hydroxylation is 2. The second kappa shape index (κ2) is 8.42. The van der Waals surface area contributed by atoms with Crippen LogP contribution in [0.2, 0.25) is 0 Å². The van der Waals surface area contributed by atoms with Crippen LogP contribution >= 0.6 is 0 Å². The molecule has 4 heterocycles. The number of carbonyl (C=O) groups excluding carboxylic acids is 1. The summed E-state index contributed by atoms with van der Waals surface area (Å²) in [5, 5.41) is 21.9. The van der Waals surface area contributed by atoms with Crippen molar-refractivity contribution in [3.8, 4) is 0 Å². The molecule has 9 nitrogen and oxygen atoms in total. The van der Waals surface area contributed by atoms with Gasteiger partial charge in [-0.05, 0) is 54.9 Å². The van der Waals surface area contributed by atoms with Crippen LogP contribution in [-0.4, -0.2) is 92.6 Å². The molecule has 0 saturated carbocycles. The summed E-state index contributed by atoms with van der Waals surface area (Å²) in [6.07, 6.45) is 5.09. The molecule has 1 unspecified atom stereocenters. The van der Waals surface area contributed by atoms with Gasteiger partial charge in [-0.1, -0.05) is 0 Å². The van der Waals surface area contributed by atoms with Crippen molar-refractivity contribution >= 4 is 5.91 Å². The van der Waals surface area contributed by atoms with Crippen LogP contribution in [0.1, 0.15) is 44.3 Å². The van der Waals surface area contributed by atoms with Gasteiger partial charge in [0.15, 0.2) is 0 Å². The maximum absolute atomic E-state index is 12.6. The fraction of sp³-hybridized carbons (Fsp3) is 0.895. The number of hydrogen-bond acceptors (Lipinski definition) is 7. The minimum Gasteiger partial charge on any atom is -0.392 e. The van der Waals surface area contributed by atoms with Gasteiger partial charge in [0.25, 0.3) is 0 Å². The summed E-state index contributed by atoms with van der Waals surface area (Å²) in [6, 6.07) is 0.528. The Bertz CT molecular complexity index is 666. The zero-order chi connectivity index (χ0) is 19.6. The molecule has 0 aliphatic carbocycles. The number of tetrazole rings is 1. The van der Waals surface area contributed by atoms with Gasteiger partial charge in [-0.3, -0.25) is 9.69 Å². The fourth-order valence-corrected chi connectivity index (χ4v) is 5.13. The van der Waals surface area contributed by atoms with Crippen LogP contribution < -0.4 is 0 Å². The molecule has 28 heavy (non-hydrogen) atoms. The molecule has 1 amide bonds. The van der Waals surface area contributed by atoms with E-state index in [1.54, 1.807) is 4.68 Å². The quantitative estimate of drug-likeness (QED) is 0.783. The molecule has 0 radical (unpaired) electrons. The molecule has 156 valence electrons. The Balaban J connectivity index is 1.30. The summed E-state index contributed by atoms with van der Waals surface area (Å²) >= 11 is 0. The number of amides is 1. The van der Waals surface area contributed by atoms with Gasteiger partial charge in [-0.25, -0.2) is 4.68 Å². The van der Waals surface area contributed by atoms with E-state index in [1.165, 1.54) is 0 Å². The molecular weight excluding hydrogens is 360 g/mol. The topological polar surface area (TPSA) is 96.6 Å². The van der Waals surface area contributed by atoms with Crippen molar-refractivity contribution in [1.29, 1.82) is 0 Å². The average Bonchev–Trinajstić information content (AvgIpc) is 3.11. The summed E-state index contributed by atoms with van der Waals surface area (Å²) < 4.78 is 7.18. The highest BCUT2D eigenvalue weighted by molar-refractivity contribution is 5.76. The molecule has 1 atom stereocenters. The fourth-order valence-electron chi connectivity index (χ4n) is 5.13. The third-order valence-corrected chi connectivity index (χ3v) is 6.78. The Hall–Kier alpha value is -1.58. The summed E-state index contributed by atoms with van der Waals surface area (Å²) in [6.45, 7) is 7.40. The number of hydrogen-bond donors (Lipinski definition) is 1. The average molecular weight is 393 g/mol. The lowest BCUT2D eigenvalue weighted by atomic mass is 9.71. The van der Waals surface area contributed by atoms with Gasteiger partial charge in [0.05, 0.1) is 12.6 Å². The van der Waals surface area contributed by atoms with Crippen molar-refractivity contribution in [2.24, 2.45) is 5.41 Å². The van der Waals surface area contributed by atoms with E-state index in [9.17, 15) is 9.90 Å². The van der Waals surface area contributed by atoms with Crippen molar-refractivity contribution in [2.75, 3.05) is 39.4 Å². The molecule has 1 spiro atoms. The second-order valence-electron chi connectivity index (χ2n) is 8.71. The van der Waals surface area contributed by atoms with E-state index in [0.29, 0.717) is 19.0 Å². The molecule has 9 heteroatoms. The van der Waals surface area contributed by atoms with Crippen molar-refractivity contribution in [1.82, 2.24) is 30.0 Å². The van der Waals surface area contributed by atoms with Crippen LogP contribution in [0.25, 0.3) is 0 Å². The van der Waals surface area contributed by atoms with E-state index in [0.717, 1.165) is 77.3 Å². The first-order chi connectivity index (χ1) is 13.5. The number of β-amino-alcohol motifs (C(OH)–C–C–N with tert-alkyl or cyclic N) is 1. The van der Waals surface area contributed by atoms with E-state index in [2.05, 4.69) is 20.4 Å². The van der Waals surface area contributed by atoms with Crippen molar-refractivity contribution < 1.29 is 14.6 Å². The molecular formula is C19H32N6O3. The van der Waals surface area contributed by atoms with E-state index in [4.69, 9.17) is 4.74 Å². The Morgan fingerprint density at radius 3 is 2.71 bits per heavy atom. The minimum absolute atomic E-state index is 0.138. The summed E-state index contributed by atoms with van der Waals surface area (Å²) in [7, 11) is 0. The molecule has 1 N–H and O–H groups in total. The van der Waals surface area contributed by atoms with E-state index >= 15 is 0 Å². The number of piperidine rings is 2. The highest BCUT2D eigenvalue weighted by atomic mass is 16.5. The zero-order valence-corrected chi connectivity index (χ0v) is 16.8. The maximum Gasteiger partial charge on any atom is 0.224 e. The lowest BCUT2D eigenvalue weighted by molar-refractivity contribution is -0.136. The van der Waals surface area contributed by atoms with Gasteiger partial charge in [0.2, 0.25) is 5.91 Å². The summed E-state index contributed by atoms with van der Waals surface area (Å²) in [4.78, 5) is 17.1. The van der Waals surface area contributed by atoms with Gasteiger partial charge >= 0.3 is 0 Å². The normalized spacial score (nSPS) is 26.6. The SMILES string of the molecule is Cc1nnnn1CCC(=O)N1CCC2(CC1)CC(O)CN(C1CCOCC1)C2. The largest absolute Gasteiger partial charge is 0.392 e. The second-order valence-corrected chi connectivity index (χ2v) is 8.71. The van der Waals surface area contributed by atoms with E-state index < -0.39 is 0 Å². The third-order valence-electron chi connectivity index (χ3n) is 6.78. The Kier molecular flexibility index (Phi) is 5.93. The molecule has 3 saturated heterocycles. The first-order valence-corrected chi connectivity index (χ1v) is 10.6. The van der Waals surface area contributed by atoms with Crippen LogP contribution in [0.5, 0.6) is 0 Å². The lowest BCUT2D eigenvalue weighted by Crippen LogP contribution is -2.57. The Morgan fingerprint density at radius 2 is 2.04 bits per heavy atom. The van der Waals surface area contributed by atoms with Crippen LogP contribution in [0, 0.1) is 12.3 Å². The Morgan fingerprint density at radius 1 is 1.29 bits per heavy atom. The molecule has 1 aromatic heterocycles. The van der Waals surface area contributed by atoms with Crippen molar-refractivity contribution in [2.45, 2.75) is 64.1 Å². The number of rotatable bonds is 4. The first-order valence-electron chi connectivity index (χ1n) is 10.6. The zero-order valence-electron chi connectivity index (χ0n) is 16.8. The highest BCUT2D eigenvalue weighted by Crippen LogP contribution is 2.41. The standard InChI is InChI=1S/C19H32N6O3/c1-15-20-21-22-25(15)7-2-18(27)23-8-5-19(6-9-23)12-17(26)13-24(14-19)16-3-10-28-11-4-16/h16-17,26H,2-14H2,1H3. The highest BCUT2D eigenvalue weighted by Gasteiger charge is 2.43. The molecule has 0 bridgehead atoms. The van der Waals surface area contributed by atoms with E-state index in [-0.39, 0.29) is 17.4 Å².